The molecule has 4 aromatic rings. The molecule has 40 heavy (non-hydrogen) atoms. The zero-order chi connectivity index (χ0) is 27.7. The van der Waals surface area contributed by atoms with Gasteiger partial charge in [0.05, 0.1) is 37.2 Å². The molecule has 4 heterocycles. The first-order chi connectivity index (χ1) is 19.4. The Hall–Kier alpha value is -4.02. The summed E-state index contributed by atoms with van der Waals surface area (Å²) >= 11 is 0. The molecule has 0 unspecified atom stereocenters. The fourth-order valence-corrected chi connectivity index (χ4v) is 5.38. The number of fused-ring (bicyclic) bond motifs is 1. The van der Waals surface area contributed by atoms with Crippen LogP contribution in [0.3, 0.4) is 0 Å². The molecule has 1 amide bonds. The van der Waals surface area contributed by atoms with Gasteiger partial charge < -0.3 is 19.5 Å². The predicted octanol–water partition coefficient (Wildman–Crippen LogP) is 3.12. The average Bonchev–Trinajstić information content (AvgIpc) is 3.41. The maximum atomic E-state index is 13.2. The van der Waals surface area contributed by atoms with Gasteiger partial charge in [-0.1, -0.05) is 17.7 Å². The molecule has 2 aromatic heterocycles. The number of nitrogens with zero attached hydrogens (tertiary/aromatic N) is 5. The van der Waals surface area contributed by atoms with Crippen LogP contribution in [0.2, 0.25) is 0 Å². The molecule has 0 saturated carbocycles. The number of benzene rings is 2. The van der Waals surface area contributed by atoms with E-state index in [4.69, 9.17) is 9.47 Å². The number of amides is 1. The Morgan fingerprint density at radius 3 is 2.48 bits per heavy atom. The zero-order valence-corrected chi connectivity index (χ0v) is 22.5. The molecule has 0 spiro atoms. The van der Waals surface area contributed by atoms with E-state index < -0.39 is 5.60 Å². The summed E-state index contributed by atoms with van der Waals surface area (Å²) < 4.78 is 14.5. The van der Waals surface area contributed by atoms with E-state index in [0.29, 0.717) is 55.7 Å². The average molecular weight is 544 g/mol. The second kappa shape index (κ2) is 10.9. The molecule has 208 valence electrons. The van der Waals surface area contributed by atoms with Crippen LogP contribution in [0.1, 0.15) is 41.6 Å². The Bertz CT molecular complexity index is 1550. The van der Waals surface area contributed by atoms with Gasteiger partial charge in [-0.25, -0.2) is 9.67 Å². The van der Waals surface area contributed by atoms with Gasteiger partial charge in [0, 0.05) is 31.5 Å². The molecule has 10 heteroatoms. The van der Waals surface area contributed by atoms with E-state index in [-0.39, 0.29) is 24.1 Å². The first-order valence-corrected chi connectivity index (χ1v) is 13.7. The number of aryl methyl sites for hydroxylation is 1. The van der Waals surface area contributed by atoms with Crippen molar-refractivity contribution in [1.82, 2.24) is 24.2 Å². The number of aromatic nitrogens is 4. The number of rotatable bonds is 6. The molecule has 0 bridgehead atoms. The van der Waals surface area contributed by atoms with Crippen molar-refractivity contribution < 1.29 is 19.4 Å². The highest BCUT2D eigenvalue weighted by molar-refractivity contribution is 5.94. The van der Waals surface area contributed by atoms with Crippen molar-refractivity contribution in [3.63, 3.8) is 0 Å². The van der Waals surface area contributed by atoms with E-state index in [2.05, 4.69) is 10.1 Å². The Labute approximate surface area is 231 Å². The highest BCUT2D eigenvalue weighted by Crippen LogP contribution is 2.26. The number of carbonyl (C=O) groups is 1. The Morgan fingerprint density at radius 2 is 1.77 bits per heavy atom. The van der Waals surface area contributed by atoms with E-state index in [1.54, 1.807) is 21.7 Å². The molecule has 0 atom stereocenters. The minimum atomic E-state index is -1.12. The van der Waals surface area contributed by atoms with Crippen LogP contribution in [0.5, 0.6) is 5.75 Å². The maximum Gasteiger partial charge on any atom is 0.264 e. The van der Waals surface area contributed by atoms with Crippen LogP contribution < -0.4 is 10.3 Å². The lowest BCUT2D eigenvalue weighted by molar-refractivity contribution is -0.0299. The summed E-state index contributed by atoms with van der Waals surface area (Å²) in [7, 11) is 0. The number of piperidine rings is 1. The van der Waals surface area contributed by atoms with Gasteiger partial charge in [0.1, 0.15) is 23.6 Å². The summed E-state index contributed by atoms with van der Waals surface area (Å²) in [4.78, 5) is 32.6. The number of aliphatic hydroxyl groups is 1. The monoisotopic (exact) mass is 543 g/mol. The van der Waals surface area contributed by atoms with Gasteiger partial charge in [0.25, 0.3) is 11.5 Å². The third-order valence-electron chi connectivity index (χ3n) is 7.85. The summed E-state index contributed by atoms with van der Waals surface area (Å²) in [6.45, 7) is 4.32. The first-order valence-electron chi connectivity index (χ1n) is 13.7. The van der Waals surface area contributed by atoms with Crippen molar-refractivity contribution in [3.8, 4) is 11.4 Å². The Morgan fingerprint density at radius 1 is 1.07 bits per heavy atom. The van der Waals surface area contributed by atoms with Crippen LogP contribution in [-0.2, 0) is 11.3 Å². The normalized spacial score (nSPS) is 17.7. The quantitative estimate of drug-likeness (QED) is 0.398. The first kappa shape index (κ1) is 26.2. The van der Waals surface area contributed by atoms with Crippen LogP contribution in [0.15, 0.2) is 65.8 Å². The van der Waals surface area contributed by atoms with Gasteiger partial charge in [0.15, 0.2) is 5.65 Å². The van der Waals surface area contributed by atoms with Gasteiger partial charge in [0.2, 0.25) is 0 Å². The highest BCUT2D eigenvalue weighted by atomic mass is 16.5. The van der Waals surface area contributed by atoms with E-state index in [0.717, 1.165) is 29.8 Å². The summed E-state index contributed by atoms with van der Waals surface area (Å²) in [5.74, 6) is 0.667. The van der Waals surface area contributed by atoms with Gasteiger partial charge >= 0.3 is 0 Å². The predicted molar refractivity (Wildman–Crippen MR) is 149 cm³/mol. The largest absolute Gasteiger partial charge is 0.490 e. The molecular weight excluding hydrogens is 510 g/mol. The molecular formula is C30H33N5O5. The van der Waals surface area contributed by atoms with Crippen LogP contribution in [0.4, 0.5) is 0 Å². The second-order valence-corrected chi connectivity index (χ2v) is 10.8. The second-order valence-electron chi connectivity index (χ2n) is 10.8. The molecule has 1 N–H and O–H groups in total. The lowest BCUT2D eigenvalue weighted by Gasteiger charge is -2.38. The molecule has 10 nitrogen and oxygen atoms in total. The molecule has 2 aliphatic rings. The van der Waals surface area contributed by atoms with E-state index in [1.807, 2.05) is 43.3 Å². The minimum absolute atomic E-state index is 0.0801. The van der Waals surface area contributed by atoms with Crippen molar-refractivity contribution in [2.45, 2.75) is 50.9 Å². The SMILES string of the molecule is Cc1ccc(-n2ncc3c(=O)n(CC4(O)CCN(C(=O)c5ccc(OC6CCOCC6)cc5)CC4)cnc32)cc1. The van der Waals surface area contributed by atoms with Crippen molar-refractivity contribution in [3.05, 3.63) is 82.5 Å². The standard InChI is InChI=1S/C30H33N5O5/c1-21-2-6-23(7-3-21)35-27-26(18-32-35)29(37)34(20-31-27)19-30(38)12-14-33(15-13-30)28(36)22-4-8-24(9-5-22)40-25-10-16-39-17-11-25/h2-9,18,20,25,38H,10-17,19H2,1H3. The molecule has 2 aliphatic heterocycles. The fraction of sp³-hybridized carbons (Fsp3) is 0.400. The van der Waals surface area contributed by atoms with Gasteiger partial charge in [-0.3, -0.25) is 14.2 Å². The van der Waals surface area contributed by atoms with Crippen LogP contribution in [0.25, 0.3) is 16.7 Å². The van der Waals surface area contributed by atoms with E-state index in [9.17, 15) is 14.7 Å². The van der Waals surface area contributed by atoms with Crippen LogP contribution >= 0.6 is 0 Å². The Balaban J connectivity index is 1.09. The number of carbonyl (C=O) groups excluding carboxylic acids is 1. The van der Waals surface area contributed by atoms with Crippen LogP contribution in [-0.4, -0.2) is 73.3 Å². The van der Waals surface area contributed by atoms with Crippen LogP contribution in [0, 0.1) is 6.92 Å². The number of likely N-dealkylation sites (tertiary alicyclic amines) is 1. The fourth-order valence-electron chi connectivity index (χ4n) is 5.38. The molecule has 6 rings (SSSR count). The van der Waals surface area contributed by atoms with Crippen molar-refractivity contribution >= 4 is 16.9 Å². The number of hydrogen-bond acceptors (Lipinski definition) is 7. The van der Waals surface area contributed by atoms with Crippen molar-refractivity contribution in [2.24, 2.45) is 0 Å². The number of ether oxygens (including phenoxy) is 2. The topological polar surface area (TPSA) is 112 Å². The molecule has 2 aromatic carbocycles. The third-order valence-corrected chi connectivity index (χ3v) is 7.85. The lowest BCUT2D eigenvalue weighted by atomic mass is 9.91. The van der Waals surface area contributed by atoms with Gasteiger partial charge in [-0.15, -0.1) is 0 Å². The summed E-state index contributed by atoms with van der Waals surface area (Å²) in [6, 6.07) is 15.1. The summed E-state index contributed by atoms with van der Waals surface area (Å²) in [5.41, 5.74) is 1.64. The zero-order valence-electron chi connectivity index (χ0n) is 22.5. The summed E-state index contributed by atoms with van der Waals surface area (Å²) in [6.07, 6.45) is 5.58. The summed E-state index contributed by atoms with van der Waals surface area (Å²) in [5, 5.41) is 16.1. The van der Waals surface area contributed by atoms with Crippen molar-refractivity contribution in [1.29, 1.82) is 0 Å². The molecule has 0 radical (unpaired) electrons. The molecule has 2 fully saturated rings. The number of hydrogen-bond donors (Lipinski definition) is 1. The maximum absolute atomic E-state index is 13.2. The van der Waals surface area contributed by atoms with Gasteiger partial charge in [-0.2, -0.15) is 5.10 Å². The smallest absolute Gasteiger partial charge is 0.264 e. The Kier molecular flexibility index (Phi) is 7.12. The minimum Gasteiger partial charge on any atom is -0.490 e. The van der Waals surface area contributed by atoms with E-state index >= 15 is 0 Å². The van der Waals surface area contributed by atoms with Gasteiger partial charge in [-0.05, 0) is 56.2 Å². The highest BCUT2D eigenvalue weighted by Gasteiger charge is 2.35. The molecule has 0 aliphatic carbocycles. The van der Waals surface area contributed by atoms with Crippen molar-refractivity contribution in [2.75, 3.05) is 26.3 Å². The van der Waals surface area contributed by atoms with E-state index in [1.165, 1.54) is 17.1 Å². The lowest BCUT2D eigenvalue weighted by Crippen LogP contribution is -2.49. The molecule has 2 saturated heterocycles. The third kappa shape index (κ3) is 5.37.